The Kier molecular flexibility index (Phi) is 3.35. The Morgan fingerprint density at radius 1 is 1.21 bits per heavy atom. The maximum atomic E-state index is 5.95. The Labute approximate surface area is 127 Å². The molecule has 0 spiro atoms. The molecule has 3 rings (SSSR count). The molecule has 0 N–H and O–H groups in total. The molecule has 4 nitrogen and oxygen atoms in total. The number of aromatic nitrogens is 3. The Morgan fingerprint density at radius 2 is 2.05 bits per heavy atom. The van der Waals surface area contributed by atoms with Crippen LogP contribution in [0.2, 0.25) is 10.0 Å². The van der Waals surface area contributed by atoms with E-state index in [4.69, 9.17) is 27.9 Å². The van der Waals surface area contributed by atoms with Crippen LogP contribution < -0.4 is 4.74 Å². The minimum Gasteiger partial charge on any atom is -0.436 e. The average molecular weight is 359 g/mol. The first kappa shape index (κ1) is 12.7. The summed E-state index contributed by atoms with van der Waals surface area (Å²) < 4.78 is 8.15. The average Bonchev–Trinajstić information content (AvgIpc) is 2.82. The van der Waals surface area contributed by atoms with Crippen molar-refractivity contribution in [3.63, 3.8) is 0 Å². The summed E-state index contributed by atoms with van der Waals surface area (Å²) in [6.45, 7) is 0. The van der Waals surface area contributed by atoms with Crippen molar-refractivity contribution in [3.8, 4) is 11.6 Å². The van der Waals surface area contributed by atoms with Gasteiger partial charge in [0.25, 0.3) is 5.88 Å². The molecule has 0 bridgehead atoms. The van der Waals surface area contributed by atoms with Gasteiger partial charge in [-0.1, -0.05) is 23.2 Å². The first-order chi connectivity index (χ1) is 9.13. The molecule has 0 atom stereocenters. The van der Waals surface area contributed by atoms with Gasteiger partial charge in [0.2, 0.25) is 5.65 Å². The van der Waals surface area contributed by atoms with Crippen molar-refractivity contribution in [1.29, 1.82) is 0 Å². The predicted octanol–water partition coefficient (Wildman–Crippen LogP) is 4.59. The van der Waals surface area contributed by atoms with Gasteiger partial charge in [0.15, 0.2) is 0 Å². The number of hydrogen-bond acceptors (Lipinski definition) is 3. The van der Waals surface area contributed by atoms with E-state index in [0.29, 0.717) is 31.9 Å². The van der Waals surface area contributed by atoms with Gasteiger partial charge >= 0.3 is 0 Å². The van der Waals surface area contributed by atoms with Gasteiger partial charge in [0.05, 0.1) is 10.0 Å². The van der Waals surface area contributed by atoms with Crippen molar-refractivity contribution in [2.75, 3.05) is 0 Å². The fraction of sp³-hybridized carbons (Fsp3) is 0. The van der Waals surface area contributed by atoms with E-state index in [-0.39, 0.29) is 0 Å². The second-order valence-corrected chi connectivity index (χ2v) is 5.33. The Bertz CT molecular complexity index is 760. The molecule has 0 aliphatic rings. The molecule has 3 aromatic rings. The van der Waals surface area contributed by atoms with E-state index in [1.54, 1.807) is 30.6 Å². The highest BCUT2D eigenvalue weighted by molar-refractivity contribution is 9.10. The summed E-state index contributed by atoms with van der Waals surface area (Å²) in [5.41, 5.74) is 0.620. The summed E-state index contributed by atoms with van der Waals surface area (Å²) in [5.74, 6) is 0.933. The van der Waals surface area contributed by atoms with Crippen LogP contribution in [0.25, 0.3) is 5.65 Å². The first-order valence-electron chi connectivity index (χ1n) is 5.25. The van der Waals surface area contributed by atoms with Crippen molar-refractivity contribution in [1.82, 2.24) is 14.4 Å². The second kappa shape index (κ2) is 5.00. The smallest absolute Gasteiger partial charge is 0.264 e. The fourth-order valence-electron chi connectivity index (χ4n) is 1.59. The molecule has 0 saturated carbocycles. The number of imidazole rings is 1. The molecule has 0 unspecified atom stereocenters. The van der Waals surface area contributed by atoms with Gasteiger partial charge in [0, 0.05) is 24.7 Å². The maximum Gasteiger partial charge on any atom is 0.264 e. The van der Waals surface area contributed by atoms with Gasteiger partial charge in [-0.2, -0.15) is 0 Å². The molecule has 7 heteroatoms. The third-order valence-corrected chi connectivity index (χ3v) is 3.54. The summed E-state index contributed by atoms with van der Waals surface area (Å²) in [6, 6.07) is 5.02. The number of nitrogens with zero attached hydrogens (tertiary/aromatic N) is 3. The van der Waals surface area contributed by atoms with Crippen LogP contribution in [0, 0.1) is 0 Å². The van der Waals surface area contributed by atoms with Crippen molar-refractivity contribution >= 4 is 44.8 Å². The lowest BCUT2D eigenvalue weighted by molar-refractivity contribution is 0.464. The molecule has 0 aliphatic heterocycles. The summed E-state index contributed by atoms with van der Waals surface area (Å²) in [5, 5.41) is 0.899. The highest BCUT2D eigenvalue weighted by Crippen LogP contribution is 2.30. The van der Waals surface area contributed by atoms with E-state index in [2.05, 4.69) is 25.9 Å². The van der Waals surface area contributed by atoms with Gasteiger partial charge in [-0.05, 0) is 28.1 Å². The monoisotopic (exact) mass is 357 g/mol. The highest BCUT2D eigenvalue weighted by atomic mass is 79.9. The van der Waals surface area contributed by atoms with E-state index in [1.807, 2.05) is 10.6 Å². The molecule has 0 aliphatic carbocycles. The van der Waals surface area contributed by atoms with Crippen LogP contribution in [0.1, 0.15) is 0 Å². The number of rotatable bonds is 2. The summed E-state index contributed by atoms with van der Waals surface area (Å²) in [6.07, 6.45) is 5.28. The number of benzene rings is 1. The van der Waals surface area contributed by atoms with Crippen LogP contribution in [0.3, 0.4) is 0 Å². The molecule has 0 fully saturated rings. The Balaban J connectivity index is 2.04. The van der Waals surface area contributed by atoms with Crippen molar-refractivity contribution in [2.45, 2.75) is 0 Å². The van der Waals surface area contributed by atoms with Crippen LogP contribution in [-0.4, -0.2) is 14.4 Å². The number of hydrogen-bond donors (Lipinski definition) is 0. The molecule has 19 heavy (non-hydrogen) atoms. The lowest BCUT2D eigenvalue weighted by atomic mass is 10.3. The largest absolute Gasteiger partial charge is 0.436 e. The van der Waals surface area contributed by atoms with Gasteiger partial charge < -0.3 is 4.74 Å². The van der Waals surface area contributed by atoms with Crippen molar-refractivity contribution < 1.29 is 4.74 Å². The molecular formula is C12H6BrCl2N3O. The first-order valence-corrected chi connectivity index (χ1v) is 6.80. The van der Waals surface area contributed by atoms with Gasteiger partial charge in [-0.3, -0.25) is 4.40 Å². The van der Waals surface area contributed by atoms with Crippen LogP contribution >= 0.6 is 39.1 Å². The number of fused-ring (bicyclic) bond motifs is 1. The summed E-state index contributed by atoms with van der Waals surface area (Å²) in [7, 11) is 0. The van der Waals surface area contributed by atoms with Crippen molar-refractivity contribution in [2.24, 2.45) is 0 Å². The van der Waals surface area contributed by atoms with Crippen LogP contribution in [0.4, 0.5) is 0 Å². The van der Waals surface area contributed by atoms with Crippen LogP contribution in [-0.2, 0) is 0 Å². The highest BCUT2D eigenvalue weighted by Gasteiger charge is 2.10. The topological polar surface area (TPSA) is 39.4 Å². The molecule has 1 aromatic carbocycles. The molecule has 96 valence electrons. The quantitative estimate of drug-likeness (QED) is 0.672. The second-order valence-electron chi connectivity index (χ2n) is 3.70. The van der Waals surface area contributed by atoms with E-state index < -0.39 is 0 Å². The SMILES string of the molecule is Clc1ccc(Oc2nc(Br)cn3ccnc23)cc1Cl. The van der Waals surface area contributed by atoms with Crippen LogP contribution in [0.5, 0.6) is 11.6 Å². The van der Waals surface area contributed by atoms with Gasteiger partial charge in [-0.25, -0.2) is 9.97 Å². The number of ether oxygens (including phenoxy) is 1. The molecule has 2 heterocycles. The number of halogens is 3. The predicted molar refractivity (Wildman–Crippen MR) is 77.2 cm³/mol. The lowest BCUT2D eigenvalue weighted by Gasteiger charge is -2.07. The van der Waals surface area contributed by atoms with E-state index in [9.17, 15) is 0 Å². The van der Waals surface area contributed by atoms with E-state index in [0.717, 1.165) is 0 Å². The summed E-state index contributed by atoms with van der Waals surface area (Å²) >= 11 is 15.1. The molecule has 0 saturated heterocycles. The van der Waals surface area contributed by atoms with Crippen molar-refractivity contribution in [3.05, 3.63) is 51.4 Å². The third-order valence-electron chi connectivity index (χ3n) is 2.42. The van der Waals surface area contributed by atoms with E-state index >= 15 is 0 Å². The Morgan fingerprint density at radius 3 is 2.84 bits per heavy atom. The van der Waals surface area contributed by atoms with Gasteiger partial charge in [0.1, 0.15) is 10.4 Å². The zero-order chi connectivity index (χ0) is 13.4. The minimum absolute atomic E-state index is 0.387. The normalized spacial score (nSPS) is 10.9. The molecule has 0 amide bonds. The minimum atomic E-state index is 0.387. The lowest BCUT2D eigenvalue weighted by Crippen LogP contribution is -1.94. The summed E-state index contributed by atoms with van der Waals surface area (Å²) in [4.78, 5) is 8.45. The zero-order valence-corrected chi connectivity index (χ0v) is 12.4. The molecule has 0 radical (unpaired) electrons. The van der Waals surface area contributed by atoms with Crippen LogP contribution in [0.15, 0.2) is 41.4 Å². The van der Waals surface area contributed by atoms with E-state index in [1.165, 1.54) is 0 Å². The molecular weight excluding hydrogens is 353 g/mol. The maximum absolute atomic E-state index is 5.95. The standard InChI is InChI=1S/C12H6BrCl2N3O/c13-10-6-18-4-3-16-11(18)12(17-10)19-7-1-2-8(14)9(15)5-7/h1-6H. The molecule has 2 aromatic heterocycles. The fourth-order valence-corrected chi connectivity index (χ4v) is 2.26. The zero-order valence-electron chi connectivity index (χ0n) is 9.35. The third kappa shape index (κ3) is 2.54. The van der Waals surface area contributed by atoms with Gasteiger partial charge in [-0.15, -0.1) is 0 Å². The Hall–Kier alpha value is -1.30.